The Bertz CT molecular complexity index is 921. The second-order valence-corrected chi connectivity index (χ2v) is 9.84. The van der Waals surface area contributed by atoms with Crippen LogP contribution < -0.4 is 5.32 Å². The van der Waals surface area contributed by atoms with Crippen LogP contribution in [0.1, 0.15) is 24.3 Å². The third-order valence-corrected chi connectivity index (χ3v) is 8.10. The molecular weight excluding hydrogens is 413 g/mol. The lowest BCUT2D eigenvalue weighted by atomic mass is 9.84. The molecule has 9 heteroatoms. The SMILES string of the molecule is O=S(=O)(c1ccc(C2C(C(F)(F)F)=CC=CC2Cl)cc1)N1CCNCC12CC2. The number of halogens is 4. The van der Waals surface area contributed by atoms with E-state index in [-0.39, 0.29) is 10.4 Å². The Balaban J connectivity index is 1.64. The number of hydrogen-bond acceptors (Lipinski definition) is 3. The van der Waals surface area contributed by atoms with E-state index >= 15 is 0 Å². The molecule has 2 aliphatic carbocycles. The monoisotopic (exact) mass is 432 g/mol. The Labute approximate surface area is 167 Å². The van der Waals surface area contributed by atoms with Gasteiger partial charge in [-0.1, -0.05) is 30.4 Å². The lowest BCUT2D eigenvalue weighted by Crippen LogP contribution is -2.55. The van der Waals surface area contributed by atoms with Crippen LogP contribution in [-0.4, -0.2) is 49.4 Å². The smallest absolute Gasteiger partial charge is 0.314 e. The number of piperazine rings is 1. The number of nitrogens with zero attached hydrogens (tertiary/aromatic N) is 1. The molecule has 1 saturated carbocycles. The molecule has 1 aromatic carbocycles. The van der Waals surface area contributed by atoms with Crippen LogP contribution >= 0.6 is 11.6 Å². The normalized spacial score (nSPS) is 27.6. The number of sulfonamides is 1. The van der Waals surface area contributed by atoms with Gasteiger partial charge in [0.2, 0.25) is 10.0 Å². The third kappa shape index (κ3) is 3.40. The van der Waals surface area contributed by atoms with E-state index in [1.165, 1.54) is 36.4 Å². The van der Waals surface area contributed by atoms with E-state index in [1.807, 2.05) is 0 Å². The summed E-state index contributed by atoms with van der Waals surface area (Å²) in [7, 11) is -3.70. The van der Waals surface area contributed by atoms with Crippen LogP contribution in [0.15, 0.2) is 53.0 Å². The van der Waals surface area contributed by atoms with Gasteiger partial charge in [-0.15, -0.1) is 11.6 Å². The van der Waals surface area contributed by atoms with Gasteiger partial charge in [0.15, 0.2) is 0 Å². The van der Waals surface area contributed by atoms with E-state index < -0.39 is 33.1 Å². The molecule has 1 aromatic rings. The molecule has 28 heavy (non-hydrogen) atoms. The van der Waals surface area contributed by atoms with Gasteiger partial charge in [0.25, 0.3) is 0 Å². The summed E-state index contributed by atoms with van der Waals surface area (Å²) in [5.41, 5.74) is -0.741. The molecule has 0 bridgehead atoms. The predicted molar refractivity (Wildman–Crippen MR) is 101 cm³/mol. The largest absolute Gasteiger partial charge is 0.413 e. The quantitative estimate of drug-likeness (QED) is 0.743. The number of rotatable bonds is 3. The second-order valence-electron chi connectivity index (χ2n) is 7.47. The number of alkyl halides is 4. The van der Waals surface area contributed by atoms with Crippen LogP contribution in [0.3, 0.4) is 0 Å². The van der Waals surface area contributed by atoms with Crippen molar-refractivity contribution in [3.8, 4) is 0 Å². The van der Waals surface area contributed by atoms with Crippen LogP contribution in [0, 0.1) is 0 Å². The molecule has 2 atom stereocenters. The Morgan fingerprint density at radius 3 is 2.46 bits per heavy atom. The molecule has 4 nitrogen and oxygen atoms in total. The van der Waals surface area contributed by atoms with Crippen molar-refractivity contribution >= 4 is 21.6 Å². The number of allylic oxidation sites excluding steroid dienone is 4. The molecular formula is C19H20ClF3N2O2S. The molecule has 1 heterocycles. The lowest BCUT2D eigenvalue weighted by molar-refractivity contribution is -0.0959. The van der Waals surface area contributed by atoms with Crippen molar-refractivity contribution in [1.82, 2.24) is 9.62 Å². The maximum Gasteiger partial charge on any atom is 0.413 e. The fraction of sp³-hybridized carbons (Fsp3) is 0.474. The number of benzene rings is 1. The van der Waals surface area contributed by atoms with E-state index in [0.717, 1.165) is 18.9 Å². The minimum absolute atomic E-state index is 0.0967. The van der Waals surface area contributed by atoms with Crippen LogP contribution in [0.25, 0.3) is 0 Å². The van der Waals surface area contributed by atoms with E-state index in [0.29, 0.717) is 25.2 Å². The maximum atomic E-state index is 13.4. The van der Waals surface area contributed by atoms with Gasteiger partial charge in [0, 0.05) is 36.7 Å². The summed E-state index contributed by atoms with van der Waals surface area (Å²) in [4.78, 5) is 0.0967. The van der Waals surface area contributed by atoms with Gasteiger partial charge in [-0.05, 0) is 30.5 Å². The van der Waals surface area contributed by atoms with Crippen LogP contribution in [0.2, 0.25) is 0 Å². The van der Waals surface area contributed by atoms with Gasteiger partial charge in [0.1, 0.15) is 0 Å². The summed E-state index contributed by atoms with van der Waals surface area (Å²) in [6.45, 7) is 1.61. The fourth-order valence-electron chi connectivity index (χ4n) is 4.03. The Hall–Kier alpha value is -1.35. The van der Waals surface area contributed by atoms with Gasteiger partial charge < -0.3 is 5.32 Å². The first-order chi connectivity index (χ1) is 13.2. The first-order valence-electron chi connectivity index (χ1n) is 9.08. The van der Waals surface area contributed by atoms with E-state index in [9.17, 15) is 21.6 Å². The molecule has 2 fully saturated rings. The standard InChI is InChI=1S/C19H20ClF3N2O2S/c20-16-3-1-2-15(19(21,22)23)17(16)13-4-6-14(7-5-13)28(26,27)25-11-10-24-12-18(25)8-9-18/h1-7,16-17,24H,8-12H2. The fourth-order valence-corrected chi connectivity index (χ4v) is 6.22. The Kier molecular flexibility index (Phi) is 4.89. The predicted octanol–water partition coefficient (Wildman–Crippen LogP) is 3.56. The van der Waals surface area contributed by atoms with Crippen molar-refractivity contribution < 1.29 is 21.6 Å². The first-order valence-corrected chi connectivity index (χ1v) is 11.0. The van der Waals surface area contributed by atoms with Crippen LogP contribution in [0.5, 0.6) is 0 Å². The molecule has 0 radical (unpaired) electrons. The summed E-state index contributed by atoms with van der Waals surface area (Å²) >= 11 is 6.15. The van der Waals surface area contributed by atoms with Crippen molar-refractivity contribution in [3.05, 3.63) is 53.6 Å². The molecule has 1 N–H and O–H groups in total. The van der Waals surface area contributed by atoms with Gasteiger partial charge in [-0.3, -0.25) is 0 Å². The Morgan fingerprint density at radius 2 is 1.86 bits per heavy atom. The molecule has 0 amide bonds. The van der Waals surface area contributed by atoms with Crippen molar-refractivity contribution in [3.63, 3.8) is 0 Å². The van der Waals surface area contributed by atoms with Gasteiger partial charge >= 0.3 is 6.18 Å². The molecule has 1 spiro atoms. The summed E-state index contributed by atoms with van der Waals surface area (Å²) in [6.07, 6.45) is 0.954. The average Bonchev–Trinajstić information content (AvgIpc) is 3.40. The van der Waals surface area contributed by atoms with Crippen molar-refractivity contribution in [2.75, 3.05) is 19.6 Å². The third-order valence-electron chi connectivity index (χ3n) is 5.68. The lowest BCUT2D eigenvalue weighted by Gasteiger charge is -2.35. The highest BCUT2D eigenvalue weighted by Gasteiger charge is 2.54. The van der Waals surface area contributed by atoms with Crippen LogP contribution in [-0.2, 0) is 10.0 Å². The topological polar surface area (TPSA) is 49.4 Å². The summed E-state index contributed by atoms with van der Waals surface area (Å²) in [5.74, 6) is -1.07. The molecule has 152 valence electrons. The number of hydrogen-bond donors (Lipinski definition) is 1. The average molecular weight is 433 g/mol. The van der Waals surface area contributed by atoms with Crippen LogP contribution in [0.4, 0.5) is 13.2 Å². The molecule has 4 rings (SSSR count). The van der Waals surface area contributed by atoms with Gasteiger partial charge in [-0.2, -0.15) is 17.5 Å². The van der Waals surface area contributed by atoms with Crippen molar-refractivity contribution in [2.45, 2.75) is 40.7 Å². The highest BCUT2D eigenvalue weighted by Crippen LogP contribution is 2.46. The summed E-state index contributed by atoms with van der Waals surface area (Å²) in [6, 6.07) is 5.65. The zero-order chi connectivity index (χ0) is 20.2. The minimum Gasteiger partial charge on any atom is -0.314 e. The molecule has 1 saturated heterocycles. The zero-order valence-electron chi connectivity index (χ0n) is 14.9. The van der Waals surface area contributed by atoms with E-state index in [1.54, 1.807) is 4.31 Å². The molecule has 1 aliphatic heterocycles. The van der Waals surface area contributed by atoms with Crippen molar-refractivity contribution in [1.29, 1.82) is 0 Å². The summed E-state index contributed by atoms with van der Waals surface area (Å²) in [5, 5.41) is 2.37. The summed E-state index contributed by atoms with van der Waals surface area (Å²) < 4.78 is 67.9. The van der Waals surface area contributed by atoms with E-state index in [4.69, 9.17) is 11.6 Å². The zero-order valence-corrected chi connectivity index (χ0v) is 16.5. The second kappa shape index (κ2) is 6.86. The molecule has 2 unspecified atom stereocenters. The van der Waals surface area contributed by atoms with E-state index in [2.05, 4.69) is 5.32 Å². The van der Waals surface area contributed by atoms with Gasteiger partial charge in [0.05, 0.1) is 10.3 Å². The first kappa shape index (κ1) is 19.9. The highest BCUT2D eigenvalue weighted by atomic mass is 35.5. The van der Waals surface area contributed by atoms with Gasteiger partial charge in [-0.25, -0.2) is 8.42 Å². The highest BCUT2D eigenvalue weighted by molar-refractivity contribution is 7.89. The number of nitrogens with one attached hydrogen (secondary N) is 1. The maximum absolute atomic E-state index is 13.4. The Morgan fingerprint density at radius 1 is 1.18 bits per heavy atom. The molecule has 0 aromatic heterocycles. The minimum atomic E-state index is -4.51. The molecule has 3 aliphatic rings. The van der Waals surface area contributed by atoms with Crippen molar-refractivity contribution in [2.24, 2.45) is 0 Å².